The lowest BCUT2D eigenvalue weighted by atomic mass is 9.60. The van der Waals surface area contributed by atoms with Crippen molar-refractivity contribution in [2.24, 2.45) is 16.3 Å². The first-order valence-corrected chi connectivity index (χ1v) is 9.90. The van der Waals surface area contributed by atoms with Crippen molar-refractivity contribution in [3.05, 3.63) is 0 Å². The topological polar surface area (TPSA) is 46.1 Å². The molecule has 3 unspecified atom stereocenters. The minimum absolute atomic E-state index is 0.357. The van der Waals surface area contributed by atoms with Crippen LogP contribution in [0.5, 0.6) is 0 Å². The van der Waals surface area contributed by atoms with Gasteiger partial charge in [0.2, 0.25) is 0 Å². The largest absolute Gasteiger partial charge is 0.384 e. The summed E-state index contributed by atoms with van der Waals surface area (Å²) in [5.41, 5.74) is 0.357. The van der Waals surface area contributed by atoms with Gasteiger partial charge < -0.3 is 19.7 Å². The second-order valence-corrected chi connectivity index (χ2v) is 7.67. The predicted molar refractivity (Wildman–Crippen MR) is 97.4 cm³/mol. The molecule has 24 heavy (non-hydrogen) atoms. The number of ether oxygens (including phenoxy) is 2. The highest BCUT2D eigenvalue weighted by Gasteiger charge is 2.57. The van der Waals surface area contributed by atoms with E-state index in [0.717, 1.165) is 45.2 Å². The van der Waals surface area contributed by atoms with Gasteiger partial charge in [-0.2, -0.15) is 0 Å². The predicted octanol–water partition coefficient (Wildman–Crippen LogP) is 2.66. The van der Waals surface area contributed by atoms with Gasteiger partial charge in [0.25, 0.3) is 0 Å². The lowest BCUT2D eigenvalue weighted by molar-refractivity contribution is -0.126. The van der Waals surface area contributed by atoms with Crippen LogP contribution in [0.2, 0.25) is 0 Å². The minimum atomic E-state index is 0.357. The van der Waals surface area contributed by atoms with Crippen molar-refractivity contribution in [1.82, 2.24) is 10.2 Å². The van der Waals surface area contributed by atoms with Gasteiger partial charge in [-0.3, -0.25) is 4.99 Å². The number of aliphatic imine (C=N–C) groups is 1. The normalized spacial score (nSPS) is 32.4. The quantitative estimate of drug-likeness (QED) is 0.598. The zero-order chi connectivity index (χ0) is 17.0. The van der Waals surface area contributed by atoms with Crippen molar-refractivity contribution in [3.63, 3.8) is 0 Å². The maximum Gasteiger partial charge on any atom is 0.194 e. The van der Waals surface area contributed by atoms with Gasteiger partial charge in [0.15, 0.2) is 5.96 Å². The van der Waals surface area contributed by atoms with Crippen LogP contribution < -0.4 is 5.32 Å². The fourth-order valence-electron chi connectivity index (χ4n) is 5.03. The Morgan fingerprint density at radius 2 is 2.08 bits per heavy atom. The highest BCUT2D eigenvalue weighted by Crippen LogP contribution is 2.54. The Morgan fingerprint density at radius 1 is 1.29 bits per heavy atom. The minimum Gasteiger partial charge on any atom is -0.384 e. The second kappa shape index (κ2) is 8.05. The number of likely N-dealkylation sites (tertiary alicyclic amines) is 1. The molecule has 2 saturated carbocycles. The number of hydrogen-bond donors (Lipinski definition) is 1. The van der Waals surface area contributed by atoms with Crippen molar-refractivity contribution >= 4 is 5.96 Å². The lowest BCUT2D eigenvalue weighted by Gasteiger charge is -2.54. The summed E-state index contributed by atoms with van der Waals surface area (Å²) in [7, 11) is 1.80. The fourth-order valence-corrected chi connectivity index (χ4v) is 5.03. The molecule has 1 saturated heterocycles. The maximum atomic E-state index is 6.05. The third kappa shape index (κ3) is 3.43. The van der Waals surface area contributed by atoms with E-state index in [0.29, 0.717) is 23.5 Å². The third-order valence-corrected chi connectivity index (χ3v) is 6.29. The number of nitrogens with one attached hydrogen (secondary N) is 1. The summed E-state index contributed by atoms with van der Waals surface area (Å²) < 4.78 is 11.4. The number of rotatable bonds is 6. The molecular formula is C19H35N3O2. The molecule has 0 bridgehead atoms. The van der Waals surface area contributed by atoms with Crippen LogP contribution in [0, 0.1) is 11.3 Å². The van der Waals surface area contributed by atoms with Crippen LogP contribution in [-0.2, 0) is 9.47 Å². The van der Waals surface area contributed by atoms with Gasteiger partial charge in [-0.25, -0.2) is 0 Å². The van der Waals surface area contributed by atoms with Crippen LogP contribution in [0.4, 0.5) is 0 Å². The summed E-state index contributed by atoms with van der Waals surface area (Å²) in [6.07, 6.45) is 8.09. The van der Waals surface area contributed by atoms with Crippen LogP contribution in [0.15, 0.2) is 4.99 Å². The van der Waals surface area contributed by atoms with Crippen molar-refractivity contribution in [2.75, 3.05) is 40.0 Å². The molecular weight excluding hydrogens is 302 g/mol. The fraction of sp³-hybridized carbons (Fsp3) is 0.947. The highest BCUT2D eigenvalue weighted by molar-refractivity contribution is 5.81. The number of nitrogens with zero attached hydrogens (tertiary/aromatic N) is 2. The zero-order valence-electron chi connectivity index (χ0n) is 15.7. The molecule has 0 amide bonds. The molecule has 2 aliphatic carbocycles. The molecule has 5 nitrogen and oxygen atoms in total. The second-order valence-electron chi connectivity index (χ2n) is 7.67. The van der Waals surface area contributed by atoms with Gasteiger partial charge in [0, 0.05) is 50.7 Å². The molecule has 3 fully saturated rings. The van der Waals surface area contributed by atoms with E-state index in [1.807, 2.05) is 0 Å². The monoisotopic (exact) mass is 337 g/mol. The van der Waals surface area contributed by atoms with E-state index in [9.17, 15) is 0 Å². The first-order chi connectivity index (χ1) is 11.7. The Balaban J connectivity index is 1.63. The van der Waals surface area contributed by atoms with E-state index >= 15 is 0 Å². The Bertz CT molecular complexity index is 434. The smallest absolute Gasteiger partial charge is 0.194 e. The van der Waals surface area contributed by atoms with Crippen LogP contribution in [0.1, 0.15) is 52.4 Å². The van der Waals surface area contributed by atoms with E-state index in [-0.39, 0.29) is 0 Å². The van der Waals surface area contributed by atoms with Crippen LogP contribution in [-0.4, -0.2) is 63.0 Å². The Labute approximate surface area is 147 Å². The van der Waals surface area contributed by atoms with Crippen LogP contribution >= 0.6 is 0 Å². The van der Waals surface area contributed by atoms with Crippen LogP contribution in [0.3, 0.4) is 0 Å². The van der Waals surface area contributed by atoms with Gasteiger partial charge in [0.1, 0.15) is 0 Å². The Hall–Kier alpha value is -0.810. The Kier molecular flexibility index (Phi) is 6.03. The van der Waals surface area contributed by atoms with E-state index in [1.165, 1.54) is 32.1 Å². The molecule has 138 valence electrons. The summed E-state index contributed by atoms with van der Waals surface area (Å²) >= 11 is 0. The number of methoxy groups -OCH3 is 1. The highest BCUT2D eigenvalue weighted by atomic mass is 16.5. The average Bonchev–Trinajstić information content (AvgIpc) is 3.24. The molecule has 1 aliphatic heterocycles. The maximum absolute atomic E-state index is 6.05. The molecule has 3 atom stereocenters. The molecule has 1 heterocycles. The molecule has 1 N–H and O–H groups in total. The first kappa shape index (κ1) is 18.0. The summed E-state index contributed by atoms with van der Waals surface area (Å²) in [5.74, 6) is 1.75. The van der Waals surface area contributed by atoms with Gasteiger partial charge in [0.05, 0.1) is 12.7 Å². The number of guanidine groups is 1. The summed E-state index contributed by atoms with van der Waals surface area (Å²) in [5, 5.41) is 3.84. The summed E-state index contributed by atoms with van der Waals surface area (Å²) in [4.78, 5) is 7.23. The third-order valence-electron chi connectivity index (χ3n) is 6.29. The molecule has 3 aliphatic rings. The van der Waals surface area contributed by atoms with Crippen molar-refractivity contribution in [2.45, 2.75) is 64.5 Å². The lowest BCUT2D eigenvalue weighted by Crippen LogP contribution is -2.65. The molecule has 0 aromatic carbocycles. The number of hydrogen-bond acceptors (Lipinski definition) is 3. The van der Waals surface area contributed by atoms with Crippen molar-refractivity contribution in [3.8, 4) is 0 Å². The molecule has 3 rings (SSSR count). The van der Waals surface area contributed by atoms with Crippen LogP contribution in [0.25, 0.3) is 0 Å². The molecule has 5 heteroatoms. The first-order valence-electron chi connectivity index (χ1n) is 9.90. The molecule has 0 radical (unpaired) electrons. The van der Waals surface area contributed by atoms with E-state index in [2.05, 4.69) is 24.1 Å². The Morgan fingerprint density at radius 3 is 2.75 bits per heavy atom. The summed E-state index contributed by atoms with van der Waals surface area (Å²) in [6, 6.07) is 0.531. The van der Waals surface area contributed by atoms with Gasteiger partial charge in [-0.1, -0.05) is 12.8 Å². The van der Waals surface area contributed by atoms with Crippen molar-refractivity contribution in [1.29, 1.82) is 0 Å². The SMILES string of the molecule is CCN=C(NC1CC(OCC)C12CCCC2)N1CCC(COC)C1. The summed E-state index contributed by atoms with van der Waals surface area (Å²) in [6.45, 7) is 8.92. The van der Waals surface area contributed by atoms with E-state index in [1.54, 1.807) is 7.11 Å². The molecule has 1 spiro atoms. The zero-order valence-corrected chi connectivity index (χ0v) is 15.7. The van der Waals surface area contributed by atoms with Gasteiger partial charge >= 0.3 is 0 Å². The van der Waals surface area contributed by atoms with Gasteiger partial charge in [-0.15, -0.1) is 0 Å². The molecule has 0 aromatic heterocycles. The van der Waals surface area contributed by atoms with E-state index < -0.39 is 0 Å². The molecule has 0 aromatic rings. The average molecular weight is 338 g/mol. The van der Waals surface area contributed by atoms with E-state index in [4.69, 9.17) is 14.5 Å². The standard InChI is InChI=1S/C19H35N3O2/c1-4-20-18(22-11-8-15(13-22)14-23-3)21-16-12-17(24-5-2)19(16)9-6-7-10-19/h15-17H,4-14H2,1-3H3,(H,20,21). The van der Waals surface area contributed by atoms with Crippen molar-refractivity contribution < 1.29 is 9.47 Å². The van der Waals surface area contributed by atoms with Gasteiger partial charge in [-0.05, 0) is 39.5 Å².